The molecule has 0 spiro atoms. The number of Topliss-reactive ketones (excluding diaryl/α,β-unsaturated/α-hetero) is 1. The number of carbonyl (C=O) groups is 1. The summed E-state index contributed by atoms with van der Waals surface area (Å²) in [7, 11) is 0. The van der Waals surface area contributed by atoms with Crippen molar-refractivity contribution in [1.29, 1.82) is 0 Å². The Balaban J connectivity index is 1.95. The van der Waals surface area contributed by atoms with Crippen LogP contribution in [0.5, 0.6) is 0 Å². The first-order valence-corrected chi connectivity index (χ1v) is 6.22. The predicted octanol–water partition coefficient (Wildman–Crippen LogP) is 3.23. The smallest absolute Gasteiger partial charge is 0.182 e. The molecule has 0 aliphatic rings. The van der Waals surface area contributed by atoms with E-state index in [4.69, 9.17) is 0 Å². The van der Waals surface area contributed by atoms with E-state index in [-0.39, 0.29) is 5.78 Å². The normalized spacial score (nSPS) is 10.8. The van der Waals surface area contributed by atoms with E-state index in [2.05, 4.69) is 18.0 Å². The van der Waals surface area contributed by atoms with Crippen LogP contribution in [0.1, 0.15) is 15.9 Å². The molecule has 0 saturated heterocycles. The average Bonchev–Trinajstić information content (AvgIpc) is 2.91. The molecule has 94 valence electrons. The molecule has 19 heavy (non-hydrogen) atoms. The number of ketones is 1. The molecule has 1 heterocycles. The zero-order valence-electron chi connectivity index (χ0n) is 10.7. The summed E-state index contributed by atoms with van der Waals surface area (Å²) in [6.45, 7) is 2.41. The number of fused-ring (bicyclic) bond motifs is 1. The van der Waals surface area contributed by atoms with Gasteiger partial charge in [0.15, 0.2) is 5.78 Å². The molecule has 0 fully saturated rings. The summed E-state index contributed by atoms with van der Waals surface area (Å²) >= 11 is 0. The fourth-order valence-corrected chi connectivity index (χ4v) is 2.26. The number of rotatable bonds is 3. The molecule has 0 saturated carbocycles. The fraction of sp³-hybridized carbons (Fsp3) is 0.125. The maximum atomic E-state index is 12.2. The van der Waals surface area contributed by atoms with Crippen molar-refractivity contribution in [3.05, 3.63) is 66.2 Å². The second-order valence-corrected chi connectivity index (χ2v) is 4.67. The molecule has 0 radical (unpaired) electrons. The van der Waals surface area contributed by atoms with Gasteiger partial charge in [-0.05, 0) is 29.3 Å². The Bertz CT molecular complexity index is 730. The van der Waals surface area contributed by atoms with E-state index in [1.807, 2.05) is 30.3 Å². The molecule has 0 aliphatic heterocycles. The average molecular weight is 250 g/mol. The van der Waals surface area contributed by atoms with E-state index in [1.54, 1.807) is 23.3 Å². The molecule has 2 aromatic carbocycles. The van der Waals surface area contributed by atoms with Crippen LogP contribution in [0.2, 0.25) is 0 Å². The molecule has 0 bridgehead atoms. The highest BCUT2D eigenvalue weighted by Crippen LogP contribution is 2.20. The largest absolute Gasteiger partial charge is 0.330 e. The summed E-state index contributed by atoms with van der Waals surface area (Å²) in [6, 6.07) is 12.0. The molecular formula is C16H14N2O. The standard InChI is InChI=1S/C16H14N2O/c1-12-3-2-4-13-9-14(5-6-15(12)13)16(19)10-18-8-7-17-11-18/h2-9,11H,10H2,1H3. The summed E-state index contributed by atoms with van der Waals surface area (Å²) in [5.41, 5.74) is 1.97. The second-order valence-electron chi connectivity index (χ2n) is 4.67. The summed E-state index contributed by atoms with van der Waals surface area (Å²) in [5, 5.41) is 2.30. The van der Waals surface area contributed by atoms with E-state index in [1.165, 1.54) is 10.9 Å². The minimum absolute atomic E-state index is 0.0985. The number of aryl methyl sites for hydroxylation is 1. The van der Waals surface area contributed by atoms with Crippen LogP contribution in [-0.2, 0) is 6.54 Å². The lowest BCUT2D eigenvalue weighted by Gasteiger charge is -2.06. The van der Waals surface area contributed by atoms with Gasteiger partial charge in [-0.15, -0.1) is 0 Å². The highest BCUT2D eigenvalue weighted by atomic mass is 16.1. The number of imidazole rings is 1. The van der Waals surface area contributed by atoms with Gasteiger partial charge in [-0.2, -0.15) is 0 Å². The fourth-order valence-electron chi connectivity index (χ4n) is 2.26. The molecule has 0 unspecified atom stereocenters. The number of hydrogen-bond acceptors (Lipinski definition) is 2. The van der Waals surface area contributed by atoms with Gasteiger partial charge in [-0.25, -0.2) is 4.98 Å². The Morgan fingerprint density at radius 2 is 2.16 bits per heavy atom. The zero-order valence-corrected chi connectivity index (χ0v) is 10.7. The van der Waals surface area contributed by atoms with Gasteiger partial charge in [0.25, 0.3) is 0 Å². The molecule has 0 amide bonds. The van der Waals surface area contributed by atoms with E-state index in [9.17, 15) is 4.79 Å². The summed E-state index contributed by atoms with van der Waals surface area (Å²) in [5.74, 6) is 0.0985. The van der Waals surface area contributed by atoms with E-state index >= 15 is 0 Å². The second kappa shape index (κ2) is 4.69. The topological polar surface area (TPSA) is 34.9 Å². The van der Waals surface area contributed by atoms with Crippen LogP contribution in [-0.4, -0.2) is 15.3 Å². The third kappa shape index (κ3) is 2.27. The van der Waals surface area contributed by atoms with Crippen LogP contribution >= 0.6 is 0 Å². The number of hydrogen-bond donors (Lipinski definition) is 0. The van der Waals surface area contributed by atoms with Gasteiger partial charge in [-0.3, -0.25) is 4.79 Å². The first kappa shape index (κ1) is 11.7. The van der Waals surface area contributed by atoms with Crippen molar-refractivity contribution in [1.82, 2.24) is 9.55 Å². The van der Waals surface area contributed by atoms with Gasteiger partial charge in [0.05, 0.1) is 12.9 Å². The van der Waals surface area contributed by atoms with E-state index in [0.29, 0.717) is 6.54 Å². The molecule has 3 nitrogen and oxygen atoms in total. The van der Waals surface area contributed by atoms with Crippen LogP contribution in [0.4, 0.5) is 0 Å². The van der Waals surface area contributed by atoms with E-state index in [0.717, 1.165) is 10.9 Å². The van der Waals surface area contributed by atoms with Crippen LogP contribution in [0.15, 0.2) is 55.1 Å². The lowest BCUT2D eigenvalue weighted by molar-refractivity contribution is 0.0972. The van der Waals surface area contributed by atoms with Gasteiger partial charge < -0.3 is 4.57 Å². The molecule has 3 heteroatoms. The van der Waals surface area contributed by atoms with Gasteiger partial charge in [-0.1, -0.05) is 30.3 Å². The lowest BCUT2D eigenvalue weighted by atomic mass is 10.0. The Labute approximate surface area is 111 Å². The van der Waals surface area contributed by atoms with Gasteiger partial charge in [0, 0.05) is 18.0 Å². The maximum Gasteiger partial charge on any atom is 0.182 e. The van der Waals surface area contributed by atoms with Crippen molar-refractivity contribution < 1.29 is 4.79 Å². The predicted molar refractivity (Wildman–Crippen MR) is 75.2 cm³/mol. The molecule has 0 aliphatic carbocycles. The quantitative estimate of drug-likeness (QED) is 0.669. The first-order valence-electron chi connectivity index (χ1n) is 6.22. The van der Waals surface area contributed by atoms with E-state index < -0.39 is 0 Å². The van der Waals surface area contributed by atoms with Crippen LogP contribution in [0.3, 0.4) is 0 Å². The minimum atomic E-state index is 0.0985. The Morgan fingerprint density at radius 3 is 2.95 bits per heavy atom. The summed E-state index contributed by atoms with van der Waals surface area (Å²) in [4.78, 5) is 16.1. The van der Waals surface area contributed by atoms with Crippen molar-refractivity contribution in [2.24, 2.45) is 0 Å². The molecule has 3 aromatic rings. The molecule has 3 rings (SSSR count). The molecular weight excluding hydrogens is 236 g/mol. The van der Waals surface area contributed by atoms with Crippen LogP contribution in [0, 0.1) is 6.92 Å². The monoisotopic (exact) mass is 250 g/mol. The zero-order chi connectivity index (χ0) is 13.2. The first-order chi connectivity index (χ1) is 9.24. The number of carbonyl (C=O) groups excluding carboxylic acids is 1. The summed E-state index contributed by atoms with van der Waals surface area (Å²) < 4.78 is 1.78. The SMILES string of the molecule is Cc1cccc2cc(C(=O)Cn3ccnc3)ccc12. The number of aromatic nitrogens is 2. The Morgan fingerprint density at radius 1 is 1.26 bits per heavy atom. The van der Waals surface area contributed by atoms with Crippen LogP contribution in [0.25, 0.3) is 10.8 Å². The van der Waals surface area contributed by atoms with Crippen molar-refractivity contribution in [2.45, 2.75) is 13.5 Å². The highest BCUT2D eigenvalue weighted by Gasteiger charge is 2.07. The molecule has 1 aromatic heterocycles. The van der Waals surface area contributed by atoms with Crippen molar-refractivity contribution in [3.63, 3.8) is 0 Å². The molecule has 0 N–H and O–H groups in total. The van der Waals surface area contributed by atoms with Gasteiger partial charge in [0.1, 0.15) is 0 Å². The van der Waals surface area contributed by atoms with Crippen LogP contribution < -0.4 is 0 Å². The molecule has 0 atom stereocenters. The Hall–Kier alpha value is -2.42. The third-order valence-corrected chi connectivity index (χ3v) is 3.31. The lowest BCUT2D eigenvalue weighted by Crippen LogP contribution is -2.08. The van der Waals surface area contributed by atoms with Crippen molar-refractivity contribution >= 4 is 16.6 Å². The van der Waals surface area contributed by atoms with Gasteiger partial charge >= 0.3 is 0 Å². The Kier molecular flexibility index (Phi) is 2.88. The van der Waals surface area contributed by atoms with Gasteiger partial charge in [0.2, 0.25) is 0 Å². The third-order valence-electron chi connectivity index (χ3n) is 3.31. The van der Waals surface area contributed by atoms with Crippen molar-refractivity contribution in [2.75, 3.05) is 0 Å². The van der Waals surface area contributed by atoms with Crippen molar-refractivity contribution in [3.8, 4) is 0 Å². The summed E-state index contributed by atoms with van der Waals surface area (Å²) in [6.07, 6.45) is 5.13. The maximum absolute atomic E-state index is 12.2. The number of benzene rings is 2. The minimum Gasteiger partial charge on any atom is -0.330 e. The number of nitrogens with zero attached hydrogens (tertiary/aromatic N) is 2. The highest BCUT2D eigenvalue weighted by molar-refractivity contribution is 6.00.